The molecule has 0 heterocycles. The van der Waals surface area contributed by atoms with E-state index in [1.165, 1.54) is 0 Å². The maximum absolute atomic E-state index is 12.0. The summed E-state index contributed by atoms with van der Waals surface area (Å²) in [6, 6.07) is 4.87. The summed E-state index contributed by atoms with van der Waals surface area (Å²) >= 11 is 0. The van der Waals surface area contributed by atoms with Crippen LogP contribution in [0.2, 0.25) is 0 Å². The third kappa shape index (κ3) is 6.26. The zero-order valence-corrected chi connectivity index (χ0v) is 13.8. The van der Waals surface area contributed by atoms with Gasteiger partial charge in [-0.25, -0.2) is 0 Å². The Bertz CT molecular complexity index is 527. The third-order valence-electron chi connectivity index (χ3n) is 3.46. The van der Waals surface area contributed by atoms with E-state index >= 15 is 0 Å². The minimum absolute atomic E-state index is 0.0826. The summed E-state index contributed by atoms with van der Waals surface area (Å²) < 4.78 is 0. The third-order valence-corrected chi connectivity index (χ3v) is 3.46. The molecule has 0 saturated heterocycles. The van der Waals surface area contributed by atoms with Crippen LogP contribution in [-0.2, 0) is 9.59 Å². The van der Waals surface area contributed by atoms with Crippen molar-refractivity contribution < 1.29 is 14.7 Å². The summed E-state index contributed by atoms with van der Waals surface area (Å²) in [5.41, 5.74) is 2.81. The predicted molar refractivity (Wildman–Crippen MR) is 88.0 cm³/mol. The highest BCUT2D eigenvalue weighted by molar-refractivity contribution is 5.94. The Morgan fingerprint density at radius 1 is 1.23 bits per heavy atom. The number of aliphatic carboxylic acids is 1. The van der Waals surface area contributed by atoms with Gasteiger partial charge in [-0.1, -0.05) is 31.5 Å². The number of rotatable bonds is 8. The molecular weight excluding hydrogens is 280 g/mol. The van der Waals surface area contributed by atoms with Crippen molar-refractivity contribution in [1.82, 2.24) is 5.32 Å². The Morgan fingerprint density at radius 3 is 2.45 bits per heavy atom. The molecule has 1 aromatic carbocycles. The SMILES string of the molecule is Cc1ccc(NC(=O)CC(NCCC(C)C)C(=O)O)c(C)c1. The molecular formula is C17H26N2O3. The van der Waals surface area contributed by atoms with Crippen molar-refractivity contribution in [3.05, 3.63) is 29.3 Å². The van der Waals surface area contributed by atoms with Crippen molar-refractivity contribution in [3.8, 4) is 0 Å². The number of carbonyl (C=O) groups excluding carboxylic acids is 1. The average Bonchev–Trinajstić information content (AvgIpc) is 2.40. The van der Waals surface area contributed by atoms with Gasteiger partial charge >= 0.3 is 5.97 Å². The Hall–Kier alpha value is -1.88. The number of hydrogen-bond acceptors (Lipinski definition) is 3. The molecule has 0 aliphatic rings. The van der Waals surface area contributed by atoms with Crippen LogP contribution in [0.3, 0.4) is 0 Å². The summed E-state index contributed by atoms with van der Waals surface area (Å²) in [4.78, 5) is 23.3. The predicted octanol–water partition coefficient (Wildman–Crippen LogP) is 2.72. The minimum Gasteiger partial charge on any atom is -0.480 e. The van der Waals surface area contributed by atoms with Crippen LogP contribution in [0.4, 0.5) is 5.69 Å². The van der Waals surface area contributed by atoms with Crippen LogP contribution in [0.15, 0.2) is 18.2 Å². The van der Waals surface area contributed by atoms with Gasteiger partial charge in [-0.05, 0) is 44.4 Å². The normalized spacial score (nSPS) is 12.2. The molecule has 0 aliphatic carbocycles. The van der Waals surface area contributed by atoms with Gasteiger partial charge in [0.05, 0.1) is 6.42 Å². The maximum Gasteiger partial charge on any atom is 0.321 e. The van der Waals surface area contributed by atoms with Gasteiger partial charge in [0.25, 0.3) is 0 Å². The molecule has 0 saturated carbocycles. The summed E-state index contributed by atoms with van der Waals surface area (Å²) in [7, 11) is 0. The Labute approximate surface area is 132 Å². The van der Waals surface area contributed by atoms with Gasteiger partial charge in [0.2, 0.25) is 5.91 Å². The van der Waals surface area contributed by atoms with Gasteiger partial charge in [0.1, 0.15) is 6.04 Å². The van der Waals surface area contributed by atoms with Crippen molar-refractivity contribution >= 4 is 17.6 Å². The molecule has 1 rings (SSSR count). The Morgan fingerprint density at radius 2 is 1.91 bits per heavy atom. The molecule has 1 amide bonds. The summed E-state index contributed by atoms with van der Waals surface area (Å²) in [6.45, 7) is 8.63. The number of carbonyl (C=O) groups is 2. The first-order valence-corrected chi connectivity index (χ1v) is 7.63. The molecule has 1 unspecified atom stereocenters. The molecule has 122 valence electrons. The number of hydrogen-bond donors (Lipinski definition) is 3. The first kappa shape index (κ1) is 18.2. The van der Waals surface area contributed by atoms with E-state index in [-0.39, 0.29) is 12.3 Å². The summed E-state index contributed by atoms with van der Waals surface area (Å²) in [5, 5.41) is 14.9. The van der Waals surface area contributed by atoms with Crippen molar-refractivity contribution in [2.24, 2.45) is 5.92 Å². The number of carboxylic acid groups (broad SMARTS) is 1. The van der Waals surface area contributed by atoms with Crippen molar-refractivity contribution in [2.75, 3.05) is 11.9 Å². The van der Waals surface area contributed by atoms with Crippen LogP contribution < -0.4 is 10.6 Å². The smallest absolute Gasteiger partial charge is 0.321 e. The van der Waals surface area contributed by atoms with Gasteiger partial charge in [-0.3, -0.25) is 9.59 Å². The first-order chi connectivity index (χ1) is 10.3. The zero-order valence-electron chi connectivity index (χ0n) is 13.8. The molecule has 5 nitrogen and oxygen atoms in total. The zero-order chi connectivity index (χ0) is 16.7. The fraction of sp³-hybridized carbons (Fsp3) is 0.529. The number of carboxylic acids is 1. The van der Waals surface area contributed by atoms with Crippen LogP contribution in [0.5, 0.6) is 0 Å². The second-order valence-electron chi connectivity index (χ2n) is 6.10. The van der Waals surface area contributed by atoms with Crippen molar-refractivity contribution in [2.45, 2.75) is 46.6 Å². The van der Waals surface area contributed by atoms with E-state index < -0.39 is 12.0 Å². The van der Waals surface area contributed by atoms with E-state index in [1.807, 2.05) is 32.0 Å². The molecule has 0 spiro atoms. The van der Waals surface area contributed by atoms with Crippen LogP contribution in [0.25, 0.3) is 0 Å². The minimum atomic E-state index is -1.00. The van der Waals surface area contributed by atoms with Crippen molar-refractivity contribution in [3.63, 3.8) is 0 Å². The van der Waals surface area contributed by atoms with Gasteiger partial charge in [-0.15, -0.1) is 0 Å². The highest BCUT2D eigenvalue weighted by atomic mass is 16.4. The summed E-state index contributed by atoms with van der Waals surface area (Å²) in [6.07, 6.45) is 0.795. The molecule has 0 aliphatic heterocycles. The van der Waals surface area contributed by atoms with Gasteiger partial charge in [0, 0.05) is 5.69 Å². The lowest BCUT2D eigenvalue weighted by molar-refractivity contribution is -0.141. The topological polar surface area (TPSA) is 78.4 Å². The number of amides is 1. The average molecular weight is 306 g/mol. The quantitative estimate of drug-likeness (QED) is 0.690. The standard InChI is InChI=1S/C17H26N2O3/c1-11(2)7-8-18-15(17(21)22)10-16(20)19-14-6-5-12(3)9-13(14)4/h5-6,9,11,15,18H,7-8,10H2,1-4H3,(H,19,20)(H,21,22). The fourth-order valence-electron chi connectivity index (χ4n) is 2.13. The second-order valence-corrected chi connectivity index (χ2v) is 6.10. The molecule has 1 aromatic rings. The molecule has 1 atom stereocenters. The van der Waals surface area contributed by atoms with E-state index in [2.05, 4.69) is 24.5 Å². The van der Waals surface area contributed by atoms with Gasteiger partial charge in [0.15, 0.2) is 0 Å². The number of anilines is 1. The maximum atomic E-state index is 12.0. The molecule has 0 fully saturated rings. The van der Waals surface area contributed by atoms with Gasteiger partial charge < -0.3 is 15.7 Å². The molecule has 3 N–H and O–H groups in total. The summed E-state index contributed by atoms with van der Waals surface area (Å²) in [5.74, 6) is -0.804. The van der Waals surface area contributed by atoms with Crippen LogP contribution in [0.1, 0.15) is 37.8 Å². The second kappa shape index (κ2) is 8.54. The van der Waals surface area contributed by atoms with E-state index in [4.69, 9.17) is 0 Å². The molecule has 0 bridgehead atoms. The highest BCUT2D eigenvalue weighted by Crippen LogP contribution is 2.16. The van der Waals surface area contributed by atoms with E-state index in [0.29, 0.717) is 12.5 Å². The van der Waals surface area contributed by atoms with Crippen LogP contribution in [-0.4, -0.2) is 29.6 Å². The van der Waals surface area contributed by atoms with Crippen molar-refractivity contribution in [1.29, 1.82) is 0 Å². The number of aryl methyl sites for hydroxylation is 2. The molecule has 22 heavy (non-hydrogen) atoms. The van der Waals surface area contributed by atoms with E-state index in [9.17, 15) is 14.7 Å². The lowest BCUT2D eigenvalue weighted by Gasteiger charge is -2.16. The lowest BCUT2D eigenvalue weighted by atomic mass is 10.1. The van der Waals surface area contributed by atoms with E-state index in [1.54, 1.807) is 0 Å². The number of nitrogens with one attached hydrogen (secondary N) is 2. The van der Waals surface area contributed by atoms with E-state index in [0.717, 1.165) is 23.2 Å². The molecule has 0 radical (unpaired) electrons. The molecule has 0 aromatic heterocycles. The number of benzene rings is 1. The fourth-order valence-corrected chi connectivity index (χ4v) is 2.13. The lowest BCUT2D eigenvalue weighted by Crippen LogP contribution is -2.40. The highest BCUT2D eigenvalue weighted by Gasteiger charge is 2.20. The Balaban J connectivity index is 2.57. The monoisotopic (exact) mass is 306 g/mol. The molecule has 5 heteroatoms. The Kier molecular flexibility index (Phi) is 7.05. The van der Waals surface area contributed by atoms with Crippen LogP contribution in [0, 0.1) is 19.8 Å². The van der Waals surface area contributed by atoms with Gasteiger partial charge in [-0.2, -0.15) is 0 Å². The largest absolute Gasteiger partial charge is 0.480 e. The van der Waals surface area contributed by atoms with Crippen LogP contribution >= 0.6 is 0 Å². The first-order valence-electron chi connectivity index (χ1n) is 7.63.